The summed E-state index contributed by atoms with van der Waals surface area (Å²) < 4.78 is 1.73. The van der Waals surface area contributed by atoms with Crippen LogP contribution in [0.4, 0.5) is 0 Å². The van der Waals surface area contributed by atoms with Gasteiger partial charge >= 0.3 is 50.2 Å². The molecule has 6 fully saturated rings. The third-order valence-electron chi connectivity index (χ3n) is 12.2. The Morgan fingerprint density at radius 3 is 0.659 bits per heavy atom. The second-order valence-corrected chi connectivity index (χ2v) is 27.2. The number of halogens is 2. The van der Waals surface area contributed by atoms with Crippen LogP contribution in [0.3, 0.4) is 0 Å². The molecule has 0 aliphatic heterocycles. The summed E-state index contributed by atoms with van der Waals surface area (Å²) in [5.74, 6) is 0. The fourth-order valence-corrected chi connectivity index (χ4v) is 20.5. The Labute approximate surface area is 290 Å². The van der Waals surface area contributed by atoms with Crippen molar-refractivity contribution in [3.63, 3.8) is 0 Å². The van der Waals surface area contributed by atoms with Crippen molar-refractivity contribution in [2.24, 2.45) is 0 Å². The van der Waals surface area contributed by atoms with Crippen molar-refractivity contribution in [2.45, 2.75) is 227 Å². The molecule has 0 bridgehead atoms. The molecule has 44 heavy (non-hydrogen) atoms. The SMILES string of the molecule is C1CCC(P(C2CCCCC2)C2CCCCC2)CC1.C1CCC(P(C2CCCCC2)C2CCCCC2)CC1.C=C[CH]=[Ru]([Cl])[Cl]. The molecule has 6 aliphatic carbocycles. The summed E-state index contributed by atoms with van der Waals surface area (Å²) in [6, 6.07) is 0. The van der Waals surface area contributed by atoms with E-state index in [-0.39, 0.29) is 0 Å². The van der Waals surface area contributed by atoms with Gasteiger partial charge in [0.1, 0.15) is 0 Å². The zero-order valence-corrected chi connectivity index (χ0v) is 33.6. The van der Waals surface area contributed by atoms with Crippen LogP contribution in [-0.4, -0.2) is 38.6 Å². The zero-order valence-electron chi connectivity index (χ0n) is 28.5. The van der Waals surface area contributed by atoms with Crippen LogP contribution in [0.1, 0.15) is 193 Å². The normalized spacial score (nSPS) is 26.3. The third-order valence-corrected chi connectivity index (χ3v) is 22.2. The Balaban J connectivity index is 0.000000170. The van der Waals surface area contributed by atoms with E-state index >= 15 is 0 Å². The van der Waals surface area contributed by atoms with Crippen molar-refractivity contribution >= 4 is 39.8 Å². The van der Waals surface area contributed by atoms with Gasteiger partial charge < -0.3 is 0 Å². The van der Waals surface area contributed by atoms with Crippen LogP contribution >= 0.6 is 35.2 Å². The van der Waals surface area contributed by atoms with Crippen molar-refractivity contribution < 1.29 is 13.5 Å². The molecule has 0 saturated heterocycles. The van der Waals surface area contributed by atoms with E-state index in [1.807, 2.05) is 0 Å². The van der Waals surface area contributed by atoms with Gasteiger partial charge in [-0.15, -0.1) is 0 Å². The molecule has 0 aromatic rings. The van der Waals surface area contributed by atoms with Crippen LogP contribution in [0.2, 0.25) is 0 Å². The van der Waals surface area contributed by atoms with Crippen molar-refractivity contribution in [1.82, 2.24) is 0 Å². The first-order valence-electron chi connectivity index (χ1n) is 19.7. The van der Waals surface area contributed by atoms with Crippen molar-refractivity contribution in [3.05, 3.63) is 12.7 Å². The molecule has 0 N–H and O–H groups in total. The Kier molecular flexibility index (Phi) is 20.2. The topological polar surface area (TPSA) is 0 Å². The van der Waals surface area contributed by atoms with Crippen LogP contribution in [0.25, 0.3) is 0 Å². The molecule has 258 valence electrons. The standard InChI is InChI=1S/2C18H33P.C3H4.2ClH.Ru/c2*1-4-10-16(11-5-1)19(17-12-6-2-7-13-17)18-14-8-3-9-15-18;1-3-2;;;/h2*16-18H,1-15H2;1,3H,2H2;2*1H;/q;;;;;+2/p-2. The molecule has 0 aromatic carbocycles. The predicted molar refractivity (Wildman–Crippen MR) is 203 cm³/mol. The second kappa shape index (κ2) is 23.1. The summed E-state index contributed by atoms with van der Waals surface area (Å²) in [4.78, 5) is 0. The van der Waals surface area contributed by atoms with Gasteiger partial charge in [0.2, 0.25) is 0 Å². The molecule has 6 rings (SSSR count). The minimum atomic E-state index is -1.50. The zero-order chi connectivity index (χ0) is 30.8. The van der Waals surface area contributed by atoms with E-state index in [0.717, 1.165) is 0 Å². The predicted octanol–water partition coefficient (Wildman–Crippen LogP) is 14.8. The van der Waals surface area contributed by atoms with E-state index in [9.17, 15) is 0 Å². The minimum absolute atomic E-state index is 0.385. The summed E-state index contributed by atoms with van der Waals surface area (Å²) in [7, 11) is 11.5. The van der Waals surface area contributed by atoms with Gasteiger partial charge in [-0.3, -0.25) is 0 Å². The van der Waals surface area contributed by atoms with Gasteiger partial charge in [-0.2, -0.15) is 0 Å². The van der Waals surface area contributed by atoms with Gasteiger partial charge in [0, 0.05) is 0 Å². The van der Waals surface area contributed by atoms with Crippen LogP contribution < -0.4 is 0 Å². The molecular formula is C39H70Cl2P2Ru. The molecule has 6 aliphatic rings. The maximum absolute atomic E-state index is 5.36. The van der Waals surface area contributed by atoms with Gasteiger partial charge in [-0.1, -0.05) is 131 Å². The first-order valence-corrected chi connectivity index (χ1v) is 28.2. The van der Waals surface area contributed by atoms with Gasteiger partial charge in [0.15, 0.2) is 0 Å². The van der Waals surface area contributed by atoms with Crippen LogP contribution in [0, 0.1) is 0 Å². The number of hydrogen-bond acceptors (Lipinski definition) is 0. The molecule has 0 radical (unpaired) electrons. The van der Waals surface area contributed by atoms with Gasteiger partial charge in [-0.25, -0.2) is 0 Å². The van der Waals surface area contributed by atoms with Gasteiger partial charge in [0.05, 0.1) is 0 Å². The fraction of sp³-hybridized carbons (Fsp3) is 0.923. The number of hydrogen-bond donors (Lipinski definition) is 0. The average Bonchev–Trinajstić information content (AvgIpc) is 3.09. The molecule has 0 spiro atoms. The van der Waals surface area contributed by atoms with Gasteiger partial charge in [-0.05, 0) is 111 Å². The number of rotatable bonds is 7. The summed E-state index contributed by atoms with van der Waals surface area (Å²) in [6.45, 7) is 3.41. The van der Waals surface area contributed by atoms with Crippen LogP contribution in [-0.2, 0) is 13.5 Å². The quantitative estimate of drug-likeness (QED) is 0.179. The van der Waals surface area contributed by atoms with E-state index in [0.29, 0.717) is 15.8 Å². The van der Waals surface area contributed by atoms with Crippen molar-refractivity contribution in [1.29, 1.82) is 0 Å². The Hall–Kier alpha value is 1.67. The molecule has 5 heteroatoms. The Morgan fingerprint density at radius 2 is 0.545 bits per heavy atom. The molecular weight excluding hydrogens is 702 g/mol. The van der Waals surface area contributed by atoms with E-state index in [4.69, 9.17) is 19.4 Å². The molecule has 0 unspecified atom stereocenters. The van der Waals surface area contributed by atoms with Crippen molar-refractivity contribution in [2.75, 3.05) is 0 Å². The third kappa shape index (κ3) is 13.5. The summed E-state index contributed by atoms with van der Waals surface area (Å²) >= 11 is -1.50. The van der Waals surface area contributed by atoms with Crippen LogP contribution in [0.5, 0.6) is 0 Å². The average molecular weight is 773 g/mol. The molecule has 0 aromatic heterocycles. The maximum atomic E-state index is 5.36. The first kappa shape index (κ1) is 38.5. The van der Waals surface area contributed by atoms with Crippen LogP contribution in [0.15, 0.2) is 12.7 Å². The molecule has 6 saturated carbocycles. The first-order chi connectivity index (χ1) is 21.7. The summed E-state index contributed by atoms with van der Waals surface area (Å²) in [6.07, 6.45) is 48.9. The van der Waals surface area contributed by atoms with Gasteiger partial charge in [0.25, 0.3) is 0 Å². The van der Waals surface area contributed by atoms with E-state index in [1.54, 1.807) is 165 Å². The monoisotopic (exact) mass is 772 g/mol. The van der Waals surface area contributed by atoms with Crippen molar-refractivity contribution in [3.8, 4) is 0 Å². The second-order valence-electron chi connectivity index (χ2n) is 15.2. The fourth-order valence-electron chi connectivity index (χ4n) is 10.1. The molecule has 0 atom stereocenters. The van der Waals surface area contributed by atoms with E-state index in [1.165, 1.54) is 72.5 Å². The molecule has 0 nitrogen and oxygen atoms in total. The summed E-state index contributed by atoms with van der Waals surface area (Å²) in [5, 5.41) is 0. The Bertz CT molecular complexity index is 625. The molecule has 0 amide bonds. The number of allylic oxidation sites excluding steroid dienone is 1. The molecule has 0 heterocycles. The van der Waals surface area contributed by atoms with E-state index < -0.39 is 13.5 Å². The summed E-state index contributed by atoms with van der Waals surface area (Å²) in [5.41, 5.74) is 7.14. The van der Waals surface area contributed by atoms with E-state index in [2.05, 4.69) is 6.58 Å². The Morgan fingerprint density at radius 1 is 0.364 bits per heavy atom.